The number of aromatic amines is 1. The highest BCUT2D eigenvalue weighted by molar-refractivity contribution is 9.10. The molecule has 2 saturated heterocycles. The molecule has 0 saturated carbocycles. The van der Waals surface area contributed by atoms with Crippen molar-refractivity contribution < 1.29 is 28.6 Å². The Bertz CT molecular complexity index is 1370. The lowest BCUT2D eigenvalue weighted by atomic mass is 9.75. The highest BCUT2D eigenvalue weighted by Gasteiger charge is 2.52. The molecule has 3 aromatic rings. The average molecular weight is 603 g/mol. The molecule has 4 heterocycles. The Morgan fingerprint density at radius 1 is 1.28 bits per heavy atom. The van der Waals surface area contributed by atoms with Gasteiger partial charge in [-0.2, -0.15) is 0 Å². The summed E-state index contributed by atoms with van der Waals surface area (Å²) < 4.78 is 20.2. The number of hydrogen-bond donors (Lipinski definition) is 3. The number of carbonyl (C=O) groups is 2. The average Bonchev–Trinajstić information content (AvgIpc) is 3.56. The molecule has 9 nitrogen and oxygen atoms in total. The third-order valence-corrected chi connectivity index (χ3v) is 9.22. The van der Waals surface area contributed by atoms with Crippen molar-refractivity contribution in [1.29, 1.82) is 0 Å². The molecule has 3 N–H and O–H groups in total. The van der Waals surface area contributed by atoms with Crippen molar-refractivity contribution in [2.45, 2.75) is 71.4 Å². The molecule has 5 rings (SSSR count). The number of nitrogens with zero attached hydrogens (tertiary/aromatic N) is 1. The molecule has 7 unspecified atom stereocenters. The Balaban J connectivity index is 1.40. The van der Waals surface area contributed by atoms with Crippen molar-refractivity contribution in [2.24, 2.45) is 23.7 Å². The van der Waals surface area contributed by atoms with Crippen LogP contribution in [0.1, 0.15) is 73.7 Å². The first-order chi connectivity index (χ1) is 18.5. The van der Waals surface area contributed by atoms with Crippen molar-refractivity contribution in [3.05, 3.63) is 46.0 Å². The first-order valence-corrected chi connectivity index (χ1v) is 14.4. The van der Waals surface area contributed by atoms with E-state index in [1.54, 1.807) is 25.4 Å². The summed E-state index contributed by atoms with van der Waals surface area (Å²) in [5.74, 6) is -1.19. The normalized spacial score (nSPS) is 29.9. The number of fused-ring (bicyclic) bond motifs is 1. The van der Waals surface area contributed by atoms with Crippen LogP contribution in [0.2, 0.25) is 0 Å². The first-order valence-electron chi connectivity index (χ1n) is 13.6. The van der Waals surface area contributed by atoms with Crippen molar-refractivity contribution in [1.82, 2.24) is 9.97 Å². The van der Waals surface area contributed by atoms with E-state index in [4.69, 9.17) is 13.9 Å². The summed E-state index contributed by atoms with van der Waals surface area (Å²) in [6, 6.07) is 5.36. The van der Waals surface area contributed by atoms with Gasteiger partial charge in [0.2, 0.25) is 0 Å². The fourth-order valence-corrected chi connectivity index (χ4v) is 6.94. The number of benzene rings is 1. The van der Waals surface area contributed by atoms with E-state index in [0.29, 0.717) is 39.3 Å². The van der Waals surface area contributed by atoms with Crippen molar-refractivity contribution in [3.8, 4) is 0 Å². The third kappa shape index (κ3) is 5.02. The summed E-state index contributed by atoms with van der Waals surface area (Å²) in [6.45, 7) is 8.38. The topological polar surface area (TPSA) is 127 Å². The predicted octanol–water partition coefficient (Wildman–Crippen LogP) is 6.29. The van der Waals surface area contributed by atoms with E-state index in [1.807, 2.05) is 13.0 Å². The van der Waals surface area contributed by atoms with Gasteiger partial charge in [-0.3, -0.25) is 4.79 Å². The summed E-state index contributed by atoms with van der Waals surface area (Å²) in [4.78, 5) is 32.9. The minimum absolute atomic E-state index is 0.0371. The predicted molar refractivity (Wildman–Crippen MR) is 150 cm³/mol. The lowest BCUT2D eigenvalue weighted by molar-refractivity contribution is -0.355. The molecular formula is C29H36BrN3O6. The van der Waals surface area contributed by atoms with Gasteiger partial charge in [-0.25, -0.2) is 9.78 Å². The van der Waals surface area contributed by atoms with Crippen LogP contribution < -0.4 is 5.32 Å². The van der Waals surface area contributed by atoms with Gasteiger partial charge in [0.15, 0.2) is 23.0 Å². The third-order valence-electron chi connectivity index (χ3n) is 8.60. The van der Waals surface area contributed by atoms with Gasteiger partial charge < -0.3 is 29.3 Å². The SMILES string of the molecule is CNc1c(Br)cc2oc(CC3OC4(CCC3C)OC(C(C)C(=O)c3ccc[nH]3)C(C)CC4C)nc2c1C(=O)O. The Morgan fingerprint density at radius 2 is 2.05 bits per heavy atom. The molecule has 2 fully saturated rings. The molecule has 0 amide bonds. The second-order valence-electron chi connectivity index (χ2n) is 11.2. The number of aromatic nitrogens is 2. The maximum absolute atomic E-state index is 13.2. The Labute approximate surface area is 236 Å². The summed E-state index contributed by atoms with van der Waals surface area (Å²) >= 11 is 3.43. The molecule has 1 spiro atoms. The standard InChI is InChI=1S/C29H36BrN3O6/c1-14-8-9-29(16(3)11-15(2)27(39-29)17(4)26(34)19-7-6-10-32-19)38-20(14)13-22-33-25-21(37-22)12-18(30)24(31-5)23(25)28(35)36/h6-7,10,12,14-17,20,27,31-32H,8-9,11,13H2,1-5H3,(H,35,36). The monoisotopic (exact) mass is 601 g/mol. The Kier molecular flexibility index (Phi) is 7.65. The van der Waals surface area contributed by atoms with Gasteiger partial charge >= 0.3 is 5.97 Å². The van der Waals surface area contributed by atoms with Gasteiger partial charge in [-0.15, -0.1) is 0 Å². The maximum atomic E-state index is 13.2. The van der Waals surface area contributed by atoms with Gasteiger partial charge in [0.25, 0.3) is 0 Å². The summed E-state index contributed by atoms with van der Waals surface area (Å²) in [7, 11) is 1.67. The molecule has 2 aliphatic rings. The summed E-state index contributed by atoms with van der Waals surface area (Å²) in [5, 5.41) is 12.8. The number of ketones is 1. The zero-order valence-electron chi connectivity index (χ0n) is 22.9. The van der Waals surface area contributed by atoms with E-state index in [-0.39, 0.29) is 47.2 Å². The van der Waals surface area contributed by atoms with Crippen LogP contribution in [0.25, 0.3) is 11.1 Å². The van der Waals surface area contributed by atoms with Crippen molar-refractivity contribution in [2.75, 3.05) is 12.4 Å². The van der Waals surface area contributed by atoms with E-state index < -0.39 is 11.8 Å². The molecule has 2 aliphatic heterocycles. The largest absolute Gasteiger partial charge is 0.478 e. The quantitative estimate of drug-likeness (QED) is 0.269. The van der Waals surface area contributed by atoms with Crippen LogP contribution >= 0.6 is 15.9 Å². The second kappa shape index (κ2) is 10.7. The summed E-state index contributed by atoms with van der Waals surface area (Å²) in [6.07, 6.45) is 4.16. The van der Waals surface area contributed by atoms with Gasteiger partial charge in [0, 0.05) is 36.0 Å². The van der Waals surface area contributed by atoms with E-state index in [9.17, 15) is 14.7 Å². The highest BCUT2D eigenvalue weighted by atomic mass is 79.9. The van der Waals surface area contributed by atoms with Crippen LogP contribution in [0.15, 0.2) is 33.3 Å². The number of Topliss-reactive ketones (excluding diaryl/α,β-unsaturated/α-hetero) is 1. The zero-order valence-corrected chi connectivity index (χ0v) is 24.5. The van der Waals surface area contributed by atoms with Crippen LogP contribution in [0.3, 0.4) is 0 Å². The molecule has 2 aromatic heterocycles. The molecule has 7 atom stereocenters. The van der Waals surface area contributed by atoms with Gasteiger partial charge in [0.1, 0.15) is 11.1 Å². The zero-order chi connectivity index (χ0) is 28.1. The number of carboxylic acid groups (broad SMARTS) is 1. The maximum Gasteiger partial charge on any atom is 0.340 e. The lowest BCUT2D eigenvalue weighted by Gasteiger charge is -2.53. The molecular weight excluding hydrogens is 566 g/mol. The number of rotatable bonds is 7. The smallest absolute Gasteiger partial charge is 0.340 e. The van der Waals surface area contributed by atoms with Gasteiger partial charge in [-0.05, 0) is 58.8 Å². The number of hydrogen-bond acceptors (Lipinski definition) is 7. The van der Waals surface area contributed by atoms with Crippen LogP contribution in [0.4, 0.5) is 5.69 Å². The number of H-pyrrole nitrogens is 1. The van der Waals surface area contributed by atoms with Crippen LogP contribution in [-0.2, 0) is 15.9 Å². The molecule has 39 heavy (non-hydrogen) atoms. The first kappa shape index (κ1) is 27.9. The second-order valence-corrected chi connectivity index (χ2v) is 12.1. The number of carboxylic acids is 1. The van der Waals surface area contributed by atoms with E-state index in [2.05, 4.69) is 52.0 Å². The van der Waals surface area contributed by atoms with Crippen LogP contribution in [0.5, 0.6) is 0 Å². The van der Waals surface area contributed by atoms with Gasteiger partial charge in [0.05, 0.1) is 30.0 Å². The van der Waals surface area contributed by atoms with E-state index in [1.165, 1.54) is 0 Å². The molecule has 10 heteroatoms. The lowest BCUT2D eigenvalue weighted by Crippen LogP contribution is -2.58. The minimum Gasteiger partial charge on any atom is -0.478 e. The Hall–Kier alpha value is -2.69. The fraction of sp³-hybridized carbons (Fsp3) is 0.552. The van der Waals surface area contributed by atoms with E-state index in [0.717, 1.165) is 19.3 Å². The van der Waals surface area contributed by atoms with Crippen LogP contribution in [0, 0.1) is 23.7 Å². The minimum atomic E-state index is -1.08. The number of nitrogens with one attached hydrogen (secondary N) is 2. The fourth-order valence-electron chi connectivity index (χ4n) is 6.34. The number of ether oxygens (including phenoxy) is 2. The number of aromatic carboxylic acids is 1. The van der Waals surface area contributed by atoms with Crippen molar-refractivity contribution in [3.63, 3.8) is 0 Å². The highest BCUT2D eigenvalue weighted by Crippen LogP contribution is 2.48. The molecule has 0 radical (unpaired) electrons. The number of halogens is 1. The van der Waals surface area contributed by atoms with Crippen molar-refractivity contribution >= 4 is 44.5 Å². The number of anilines is 1. The number of carbonyl (C=O) groups excluding carboxylic acids is 1. The molecule has 1 aromatic carbocycles. The van der Waals surface area contributed by atoms with E-state index >= 15 is 0 Å². The summed E-state index contributed by atoms with van der Waals surface area (Å²) in [5.41, 5.74) is 1.80. The number of oxazole rings is 1. The molecule has 0 aliphatic carbocycles. The Morgan fingerprint density at radius 3 is 2.72 bits per heavy atom. The van der Waals surface area contributed by atoms with Crippen LogP contribution in [-0.4, -0.2) is 51.9 Å². The molecule has 0 bridgehead atoms. The van der Waals surface area contributed by atoms with Gasteiger partial charge in [-0.1, -0.05) is 27.7 Å². The molecule has 210 valence electrons.